The summed E-state index contributed by atoms with van der Waals surface area (Å²) < 4.78 is 0. The van der Waals surface area contributed by atoms with Gasteiger partial charge < -0.3 is 10.0 Å². The van der Waals surface area contributed by atoms with Crippen molar-refractivity contribution in [3.05, 3.63) is 0 Å². The normalized spacial score (nSPS) is 21.7. The average Bonchev–Trinajstić information content (AvgIpc) is 2.50. The van der Waals surface area contributed by atoms with Crippen molar-refractivity contribution >= 4 is 11.9 Å². The fourth-order valence-corrected chi connectivity index (χ4v) is 1.63. The molecule has 1 saturated heterocycles. The molecule has 1 aliphatic rings. The van der Waals surface area contributed by atoms with E-state index in [1.54, 1.807) is 13.8 Å². The zero-order chi connectivity index (χ0) is 10.1. The Morgan fingerprint density at radius 2 is 2.31 bits per heavy atom. The molecule has 1 N–H and O–H groups in total. The summed E-state index contributed by atoms with van der Waals surface area (Å²) in [6.45, 7) is 3.98. The third kappa shape index (κ3) is 1.53. The van der Waals surface area contributed by atoms with E-state index in [1.807, 2.05) is 0 Å². The number of hydrogen-bond donors (Lipinski definition) is 1. The van der Waals surface area contributed by atoms with Crippen molar-refractivity contribution in [1.82, 2.24) is 4.90 Å². The van der Waals surface area contributed by atoms with E-state index in [-0.39, 0.29) is 5.91 Å². The van der Waals surface area contributed by atoms with Crippen molar-refractivity contribution in [2.75, 3.05) is 6.54 Å². The van der Waals surface area contributed by atoms with Crippen LogP contribution in [0.4, 0.5) is 0 Å². The highest BCUT2D eigenvalue weighted by molar-refractivity contribution is 5.87. The quantitative estimate of drug-likeness (QED) is 0.709. The predicted octanol–water partition coefficient (Wildman–Crippen LogP) is 0.862. The Labute approximate surface area is 77.5 Å². The zero-order valence-electron chi connectivity index (χ0n) is 8.04. The minimum Gasteiger partial charge on any atom is -0.480 e. The van der Waals surface area contributed by atoms with Crippen molar-refractivity contribution in [3.8, 4) is 0 Å². The first-order valence-electron chi connectivity index (χ1n) is 4.56. The summed E-state index contributed by atoms with van der Waals surface area (Å²) in [6.07, 6.45) is 1.72. The van der Waals surface area contributed by atoms with E-state index in [2.05, 4.69) is 0 Å². The molecule has 1 atom stereocenters. The van der Waals surface area contributed by atoms with E-state index in [0.29, 0.717) is 19.4 Å². The number of carbonyl (C=O) groups is 2. The van der Waals surface area contributed by atoms with Gasteiger partial charge in [-0.3, -0.25) is 4.79 Å². The molecule has 1 fully saturated rings. The van der Waals surface area contributed by atoms with Crippen molar-refractivity contribution in [2.24, 2.45) is 0 Å². The number of rotatable bonds is 3. The maximum Gasteiger partial charge on any atom is 0.329 e. The van der Waals surface area contributed by atoms with Gasteiger partial charge >= 0.3 is 5.97 Å². The lowest BCUT2D eigenvalue weighted by atomic mass is 9.97. The molecule has 0 aromatic heterocycles. The van der Waals surface area contributed by atoms with E-state index >= 15 is 0 Å². The zero-order valence-corrected chi connectivity index (χ0v) is 8.04. The van der Waals surface area contributed by atoms with E-state index < -0.39 is 11.5 Å². The number of likely N-dealkylation sites (tertiary alicyclic amines) is 1. The van der Waals surface area contributed by atoms with Crippen LogP contribution in [-0.4, -0.2) is 34.0 Å². The number of carbonyl (C=O) groups excluding carboxylic acids is 1. The van der Waals surface area contributed by atoms with Crippen LogP contribution in [0.1, 0.15) is 33.1 Å². The molecule has 0 saturated carbocycles. The second kappa shape index (κ2) is 3.36. The highest BCUT2D eigenvalue weighted by Gasteiger charge is 2.42. The van der Waals surface area contributed by atoms with Crippen LogP contribution in [0.5, 0.6) is 0 Å². The molecule has 0 aromatic rings. The summed E-state index contributed by atoms with van der Waals surface area (Å²) in [7, 11) is 0. The highest BCUT2D eigenvalue weighted by atomic mass is 16.4. The van der Waals surface area contributed by atoms with E-state index in [0.717, 1.165) is 6.42 Å². The van der Waals surface area contributed by atoms with Gasteiger partial charge in [0.1, 0.15) is 5.54 Å². The number of nitrogens with zero attached hydrogens (tertiary/aromatic N) is 1. The van der Waals surface area contributed by atoms with Crippen molar-refractivity contribution in [2.45, 2.75) is 38.6 Å². The van der Waals surface area contributed by atoms with Crippen LogP contribution in [0.15, 0.2) is 0 Å². The van der Waals surface area contributed by atoms with Gasteiger partial charge in [0.2, 0.25) is 5.91 Å². The second-order valence-electron chi connectivity index (χ2n) is 3.58. The molecular weight excluding hydrogens is 170 g/mol. The Bertz CT molecular complexity index is 237. The summed E-state index contributed by atoms with van der Waals surface area (Å²) in [5.41, 5.74) is -1.01. The summed E-state index contributed by atoms with van der Waals surface area (Å²) >= 11 is 0. The maximum absolute atomic E-state index is 11.3. The SMILES string of the molecule is CCC(C)(C(=O)O)N1CCCC1=O. The standard InChI is InChI=1S/C9H15NO3/c1-3-9(2,8(12)13)10-6-4-5-7(10)11/h3-6H2,1-2H3,(H,12,13). The number of carboxylic acids is 1. The van der Waals surface area contributed by atoms with Gasteiger partial charge in [-0.1, -0.05) is 6.92 Å². The minimum atomic E-state index is -1.01. The van der Waals surface area contributed by atoms with Crippen LogP contribution in [0.2, 0.25) is 0 Å². The largest absolute Gasteiger partial charge is 0.480 e. The van der Waals surface area contributed by atoms with Gasteiger partial charge in [-0.2, -0.15) is 0 Å². The van der Waals surface area contributed by atoms with Crippen LogP contribution in [0.3, 0.4) is 0 Å². The molecule has 1 aliphatic heterocycles. The Morgan fingerprint density at radius 3 is 2.62 bits per heavy atom. The molecule has 0 spiro atoms. The van der Waals surface area contributed by atoms with Crippen LogP contribution >= 0.6 is 0 Å². The monoisotopic (exact) mass is 185 g/mol. The fraction of sp³-hybridized carbons (Fsp3) is 0.778. The van der Waals surface area contributed by atoms with E-state index in [4.69, 9.17) is 5.11 Å². The number of amides is 1. The Morgan fingerprint density at radius 1 is 1.69 bits per heavy atom. The predicted molar refractivity (Wildman–Crippen MR) is 47.3 cm³/mol. The van der Waals surface area contributed by atoms with Gasteiger partial charge in [0, 0.05) is 13.0 Å². The molecule has 13 heavy (non-hydrogen) atoms. The lowest BCUT2D eigenvalue weighted by Crippen LogP contribution is -2.52. The van der Waals surface area contributed by atoms with E-state index in [1.165, 1.54) is 4.90 Å². The molecular formula is C9H15NO3. The van der Waals surface area contributed by atoms with Crippen LogP contribution in [-0.2, 0) is 9.59 Å². The second-order valence-corrected chi connectivity index (χ2v) is 3.58. The summed E-state index contributed by atoms with van der Waals surface area (Å²) in [5, 5.41) is 9.02. The molecule has 0 bridgehead atoms. The molecule has 0 aromatic carbocycles. The van der Waals surface area contributed by atoms with Crippen molar-refractivity contribution in [1.29, 1.82) is 0 Å². The topological polar surface area (TPSA) is 57.6 Å². The van der Waals surface area contributed by atoms with Gasteiger partial charge in [0.15, 0.2) is 0 Å². The summed E-state index contributed by atoms with van der Waals surface area (Å²) in [5.74, 6) is -0.947. The highest BCUT2D eigenvalue weighted by Crippen LogP contribution is 2.25. The molecule has 4 nitrogen and oxygen atoms in total. The summed E-state index contributed by atoms with van der Waals surface area (Å²) in [6, 6.07) is 0. The molecule has 0 aliphatic carbocycles. The first-order valence-corrected chi connectivity index (χ1v) is 4.56. The number of hydrogen-bond acceptors (Lipinski definition) is 2. The fourth-order valence-electron chi connectivity index (χ4n) is 1.63. The first-order chi connectivity index (χ1) is 6.02. The average molecular weight is 185 g/mol. The molecule has 4 heteroatoms. The molecule has 1 heterocycles. The van der Waals surface area contributed by atoms with Gasteiger partial charge in [0.05, 0.1) is 0 Å². The third-order valence-corrected chi connectivity index (χ3v) is 2.82. The lowest BCUT2D eigenvalue weighted by molar-refractivity contribution is -0.156. The van der Waals surface area contributed by atoms with Crippen molar-refractivity contribution < 1.29 is 14.7 Å². The van der Waals surface area contributed by atoms with Crippen LogP contribution in [0.25, 0.3) is 0 Å². The Balaban J connectivity index is 2.87. The van der Waals surface area contributed by atoms with Gasteiger partial charge in [-0.05, 0) is 19.8 Å². The Kier molecular flexibility index (Phi) is 2.59. The van der Waals surface area contributed by atoms with Crippen molar-refractivity contribution in [3.63, 3.8) is 0 Å². The number of carboxylic acid groups (broad SMARTS) is 1. The summed E-state index contributed by atoms with van der Waals surface area (Å²) in [4.78, 5) is 23.8. The molecule has 0 radical (unpaired) electrons. The third-order valence-electron chi connectivity index (χ3n) is 2.82. The maximum atomic E-state index is 11.3. The molecule has 1 rings (SSSR count). The molecule has 1 unspecified atom stereocenters. The Hall–Kier alpha value is -1.06. The van der Waals surface area contributed by atoms with Gasteiger partial charge in [-0.15, -0.1) is 0 Å². The van der Waals surface area contributed by atoms with Crippen LogP contribution < -0.4 is 0 Å². The van der Waals surface area contributed by atoms with Gasteiger partial charge in [0.25, 0.3) is 0 Å². The van der Waals surface area contributed by atoms with Gasteiger partial charge in [-0.25, -0.2) is 4.79 Å². The minimum absolute atomic E-state index is 0.0354. The lowest BCUT2D eigenvalue weighted by Gasteiger charge is -2.33. The molecule has 1 amide bonds. The number of aliphatic carboxylic acids is 1. The first kappa shape index (κ1) is 10.0. The smallest absolute Gasteiger partial charge is 0.329 e. The molecule has 74 valence electrons. The van der Waals surface area contributed by atoms with Crippen LogP contribution in [0, 0.1) is 0 Å². The van der Waals surface area contributed by atoms with E-state index in [9.17, 15) is 9.59 Å².